The largest absolute Gasteiger partial charge is 0.495 e. The van der Waals surface area contributed by atoms with E-state index in [0.717, 1.165) is 29.8 Å². The second-order valence-corrected chi connectivity index (χ2v) is 12.1. The molecule has 2 aromatic carbocycles. The number of rotatable bonds is 6. The molecule has 3 rings (SSSR count). The Labute approximate surface area is 185 Å². The molecular formula is C21H29N3O5S2. The molecule has 0 saturated heterocycles. The summed E-state index contributed by atoms with van der Waals surface area (Å²) in [6.45, 7) is 1.43. The highest BCUT2D eigenvalue weighted by Crippen LogP contribution is 2.32. The van der Waals surface area contributed by atoms with E-state index < -0.39 is 20.0 Å². The molecule has 0 aliphatic carbocycles. The van der Waals surface area contributed by atoms with Crippen LogP contribution in [-0.4, -0.2) is 73.8 Å². The minimum Gasteiger partial charge on any atom is -0.495 e. The fourth-order valence-electron chi connectivity index (χ4n) is 3.59. The fraction of sp³-hybridized carbons (Fsp3) is 0.429. The molecule has 170 valence electrons. The zero-order valence-corrected chi connectivity index (χ0v) is 20.1. The van der Waals surface area contributed by atoms with Gasteiger partial charge in [-0.15, -0.1) is 0 Å². The van der Waals surface area contributed by atoms with Crippen molar-refractivity contribution in [3.05, 3.63) is 47.5 Å². The van der Waals surface area contributed by atoms with Gasteiger partial charge in [-0.05, 0) is 60.4 Å². The zero-order chi connectivity index (χ0) is 23.0. The molecule has 0 bridgehead atoms. The van der Waals surface area contributed by atoms with Crippen LogP contribution in [0.4, 0.5) is 5.69 Å². The van der Waals surface area contributed by atoms with Gasteiger partial charge in [-0.3, -0.25) is 0 Å². The molecule has 0 amide bonds. The number of methoxy groups -OCH3 is 1. The van der Waals surface area contributed by atoms with Gasteiger partial charge in [-0.1, -0.05) is 0 Å². The van der Waals surface area contributed by atoms with E-state index in [2.05, 4.69) is 4.90 Å². The SMILES string of the molecule is COc1cc2c(cc1S(=O)(=O)N(C)C)CCN(c1ccc(S(=O)(=O)N(C)C)cc1)CC2. The predicted molar refractivity (Wildman–Crippen MR) is 121 cm³/mol. The lowest BCUT2D eigenvalue weighted by Gasteiger charge is -2.23. The Balaban J connectivity index is 1.88. The molecule has 0 spiro atoms. The number of hydrogen-bond donors (Lipinski definition) is 0. The Morgan fingerprint density at radius 3 is 1.81 bits per heavy atom. The lowest BCUT2D eigenvalue weighted by molar-refractivity contribution is 0.399. The maximum Gasteiger partial charge on any atom is 0.246 e. The van der Waals surface area contributed by atoms with Crippen LogP contribution < -0.4 is 9.64 Å². The van der Waals surface area contributed by atoms with Gasteiger partial charge in [0.25, 0.3) is 0 Å². The fourth-order valence-corrected chi connectivity index (χ4v) is 5.57. The molecule has 0 N–H and O–H groups in total. The van der Waals surface area contributed by atoms with Crippen molar-refractivity contribution in [2.45, 2.75) is 22.6 Å². The van der Waals surface area contributed by atoms with Crippen LogP contribution in [0.25, 0.3) is 0 Å². The van der Waals surface area contributed by atoms with Crippen LogP contribution in [0.3, 0.4) is 0 Å². The first-order valence-corrected chi connectivity index (χ1v) is 12.8. The summed E-state index contributed by atoms with van der Waals surface area (Å²) in [4.78, 5) is 2.60. The molecule has 2 aromatic rings. The summed E-state index contributed by atoms with van der Waals surface area (Å²) in [6, 6.07) is 10.4. The molecule has 1 aliphatic rings. The van der Waals surface area contributed by atoms with Crippen molar-refractivity contribution in [2.75, 3.05) is 53.3 Å². The van der Waals surface area contributed by atoms with Crippen molar-refractivity contribution in [3.8, 4) is 5.75 Å². The molecule has 31 heavy (non-hydrogen) atoms. The summed E-state index contributed by atoms with van der Waals surface area (Å²) in [6.07, 6.45) is 1.40. The maximum atomic E-state index is 12.7. The van der Waals surface area contributed by atoms with E-state index in [-0.39, 0.29) is 9.79 Å². The number of fused-ring (bicyclic) bond motifs is 1. The van der Waals surface area contributed by atoms with E-state index in [4.69, 9.17) is 4.74 Å². The molecule has 0 radical (unpaired) electrons. The van der Waals surface area contributed by atoms with Gasteiger partial charge in [-0.25, -0.2) is 25.4 Å². The number of benzene rings is 2. The van der Waals surface area contributed by atoms with E-state index in [1.807, 2.05) is 18.2 Å². The lowest BCUT2D eigenvalue weighted by atomic mass is 10.0. The highest BCUT2D eigenvalue weighted by atomic mass is 32.2. The Hall–Kier alpha value is -2.14. The second kappa shape index (κ2) is 8.78. The van der Waals surface area contributed by atoms with Gasteiger partial charge in [0.1, 0.15) is 10.6 Å². The van der Waals surface area contributed by atoms with Crippen molar-refractivity contribution in [1.82, 2.24) is 8.61 Å². The Morgan fingerprint density at radius 2 is 1.32 bits per heavy atom. The average Bonchev–Trinajstić information content (AvgIpc) is 2.94. The summed E-state index contributed by atoms with van der Waals surface area (Å²) in [5.74, 6) is 0.346. The van der Waals surface area contributed by atoms with Crippen LogP contribution >= 0.6 is 0 Å². The highest BCUT2D eigenvalue weighted by Gasteiger charge is 2.26. The standard InChI is InChI=1S/C21H29N3O5S2/c1-22(2)30(25,26)19-8-6-18(7-9-19)24-12-10-16-14-20(29-5)21(15-17(16)11-13-24)31(27,28)23(3)4/h6-9,14-15H,10-13H2,1-5H3. The van der Waals surface area contributed by atoms with Crippen molar-refractivity contribution < 1.29 is 21.6 Å². The lowest BCUT2D eigenvalue weighted by Crippen LogP contribution is -2.26. The quantitative estimate of drug-likeness (QED) is 0.644. The van der Waals surface area contributed by atoms with Crippen molar-refractivity contribution in [2.24, 2.45) is 0 Å². The first-order chi connectivity index (χ1) is 14.5. The van der Waals surface area contributed by atoms with Crippen LogP contribution in [0.1, 0.15) is 11.1 Å². The van der Waals surface area contributed by atoms with Gasteiger partial charge in [-0.2, -0.15) is 0 Å². The zero-order valence-electron chi connectivity index (χ0n) is 18.5. The smallest absolute Gasteiger partial charge is 0.246 e. The molecule has 10 heteroatoms. The molecule has 0 fully saturated rings. The van der Waals surface area contributed by atoms with Crippen molar-refractivity contribution >= 4 is 25.7 Å². The minimum absolute atomic E-state index is 0.172. The third-order valence-corrected chi connectivity index (χ3v) is 9.19. The second-order valence-electron chi connectivity index (χ2n) is 7.83. The average molecular weight is 468 g/mol. The summed E-state index contributed by atoms with van der Waals surface area (Å²) < 4.78 is 57.8. The number of ether oxygens (including phenoxy) is 1. The molecule has 0 saturated carbocycles. The Morgan fingerprint density at radius 1 is 0.806 bits per heavy atom. The summed E-state index contributed by atoms with van der Waals surface area (Å²) in [7, 11) is 0.405. The molecule has 0 atom stereocenters. The third kappa shape index (κ3) is 4.57. The number of anilines is 1. The van der Waals surface area contributed by atoms with Crippen LogP contribution in [0.15, 0.2) is 46.2 Å². The number of sulfonamides is 2. The Kier molecular flexibility index (Phi) is 6.66. The van der Waals surface area contributed by atoms with Crippen LogP contribution in [0, 0.1) is 0 Å². The monoisotopic (exact) mass is 467 g/mol. The summed E-state index contributed by atoms with van der Waals surface area (Å²) in [5, 5.41) is 0. The van der Waals surface area contributed by atoms with E-state index in [0.29, 0.717) is 18.7 Å². The van der Waals surface area contributed by atoms with Gasteiger partial charge in [0.2, 0.25) is 20.0 Å². The highest BCUT2D eigenvalue weighted by molar-refractivity contribution is 7.89. The van der Waals surface area contributed by atoms with Gasteiger partial charge in [0.15, 0.2) is 0 Å². The molecule has 1 aliphatic heterocycles. The van der Waals surface area contributed by atoms with Gasteiger partial charge < -0.3 is 9.64 Å². The Bertz CT molecular complexity index is 1160. The predicted octanol–water partition coefficient (Wildman–Crippen LogP) is 1.80. The van der Waals surface area contributed by atoms with Crippen LogP contribution in [0.2, 0.25) is 0 Å². The molecular weight excluding hydrogens is 438 g/mol. The van der Waals surface area contributed by atoms with Crippen molar-refractivity contribution in [1.29, 1.82) is 0 Å². The minimum atomic E-state index is -3.62. The van der Waals surface area contributed by atoms with Crippen LogP contribution in [0.5, 0.6) is 5.75 Å². The van der Waals surface area contributed by atoms with E-state index >= 15 is 0 Å². The number of nitrogens with zero attached hydrogens (tertiary/aromatic N) is 3. The van der Waals surface area contributed by atoms with Crippen LogP contribution in [-0.2, 0) is 32.9 Å². The van der Waals surface area contributed by atoms with Crippen molar-refractivity contribution in [3.63, 3.8) is 0 Å². The molecule has 0 aromatic heterocycles. The topological polar surface area (TPSA) is 87.2 Å². The normalized spacial score (nSPS) is 15.1. The summed E-state index contributed by atoms with van der Waals surface area (Å²) >= 11 is 0. The van der Waals surface area contributed by atoms with E-state index in [9.17, 15) is 16.8 Å². The maximum absolute atomic E-state index is 12.7. The van der Waals surface area contributed by atoms with E-state index in [1.54, 1.807) is 18.2 Å². The number of hydrogen-bond acceptors (Lipinski definition) is 6. The van der Waals surface area contributed by atoms with E-state index in [1.165, 1.54) is 43.9 Å². The summed E-state index contributed by atoms with van der Waals surface area (Å²) in [5.41, 5.74) is 2.97. The van der Waals surface area contributed by atoms with Gasteiger partial charge in [0, 0.05) is 47.0 Å². The first kappa shape index (κ1) is 23.5. The molecule has 1 heterocycles. The first-order valence-electron chi connectivity index (χ1n) is 9.88. The van der Waals surface area contributed by atoms with Gasteiger partial charge >= 0.3 is 0 Å². The molecule has 0 unspecified atom stereocenters. The molecule has 8 nitrogen and oxygen atoms in total. The van der Waals surface area contributed by atoms with Gasteiger partial charge in [0.05, 0.1) is 12.0 Å². The third-order valence-electron chi connectivity index (χ3n) is 5.53.